The predicted octanol–water partition coefficient (Wildman–Crippen LogP) is 7.51. The molecule has 2 aliphatic rings. The van der Waals surface area contributed by atoms with Gasteiger partial charge in [-0.15, -0.1) is 0 Å². The maximum absolute atomic E-state index is 14.5. The Morgan fingerprint density at radius 2 is 1.52 bits per heavy atom. The lowest BCUT2D eigenvalue weighted by atomic mass is 9.97. The molecular weight excluding hydrogens is 706 g/mol. The van der Waals surface area contributed by atoms with Gasteiger partial charge in [-0.05, 0) is 82.6 Å². The third kappa shape index (κ3) is 7.78. The molecule has 270 valence electrons. The second kappa shape index (κ2) is 15.8. The van der Waals surface area contributed by atoms with E-state index >= 15 is 0 Å². The molecular formula is C43H34FN3O6S. The fourth-order valence-corrected chi connectivity index (χ4v) is 7.31. The van der Waals surface area contributed by atoms with Crippen LogP contribution >= 0.6 is 11.8 Å². The van der Waals surface area contributed by atoms with Gasteiger partial charge in [0.25, 0.3) is 17.1 Å². The van der Waals surface area contributed by atoms with E-state index < -0.39 is 40.8 Å². The molecule has 54 heavy (non-hydrogen) atoms. The van der Waals surface area contributed by atoms with Crippen molar-refractivity contribution in [1.82, 2.24) is 10.2 Å². The van der Waals surface area contributed by atoms with Gasteiger partial charge in [0.1, 0.15) is 11.9 Å². The van der Waals surface area contributed by atoms with Crippen LogP contribution in [0, 0.1) is 5.82 Å². The summed E-state index contributed by atoms with van der Waals surface area (Å²) in [5.74, 6) is -2.26. The number of hydrogen-bond acceptors (Lipinski definition) is 7. The highest BCUT2D eigenvalue weighted by Crippen LogP contribution is 2.31. The molecule has 0 bridgehead atoms. The minimum absolute atomic E-state index is 0.0978. The molecule has 9 nitrogen and oxygen atoms in total. The van der Waals surface area contributed by atoms with Crippen LogP contribution in [0.2, 0.25) is 0 Å². The number of likely N-dealkylation sites (tertiary alicyclic amines) is 1. The summed E-state index contributed by atoms with van der Waals surface area (Å²) in [6.45, 7) is 0.341. The normalized spacial score (nSPS) is 17.4. The Labute approximate surface area is 315 Å². The van der Waals surface area contributed by atoms with Gasteiger partial charge in [0.15, 0.2) is 5.78 Å². The van der Waals surface area contributed by atoms with Gasteiger partial charge in [0, 0.05) is 36.8 Å². The zero-order valence-electron chi connectivity index (χ0n) is 29.1. The van der Waals surface area contributed by atoms with Crippen molar-refractivity contribution >= 4 is 52.3 Å². The van der Waals surface area contributed by atoms with Crippen LogP contribution in [0.5, 0.6) is 0 Å². The fraction of sp³-hybridized carbons (Fsp3) is 0.140. The van der Waals surface area contributed by atoms with Crippen molar-refractivity contribution in [3.63, 3.8) is 0 Å². The number of imide groups is 1. The zero-order valence-corrected chi connectivity index (χ0v) is 29.9. The highest BCUT2D eigenvalue weighted by Gasteiger charge is 2.42. The van der Waals surface area contributed by atoms with E-state index in [0.29, 0.717) is 11.3 Å². The number of ketones is 1. The van der Waals surface area contributed by atoms with E-state index in [4.69, 9.17) is 4.74 Å². The Balaban J connectivity index is 1.16. The molecule has 5 aromatic rings. The Kier molecular flexibility index (Phi) is 10.6. The van der Waals surface area contributed by atoms with Crippen molar-refractivity contribution < 1.29 is 33.1 Å². The first-order valence-corrected chi connectivity index (χ1v) is 18.1. The van der Waals surface area contributed by atoms with E-state index in [9.17, 15) is 28.4 Å². The smallest absolute Gasteiger partial charge is 0.290 e. The van der Waals surface area contributed by atoms with Crippen molar-refractivity contribution in [2.45, 2.75) is 25.2 Å². The first kappa shape index (κ1) is 36.2. The quantitative estimate of drug-likeness (QED) is 0.117. The first-order valence-electron chi connectivity index (χ1n) is 17.2. The standard InChI is InChI=1S/C43H34FN3O6S/c1-46(32-21-15-27(16-22-32)23-38-40(49)45-43(52)54-38)42(51)37-24-33(53-26-30-11-5-6-12-34(30)28-9-3-2-4-10-28)25-47(37)41(50)36-14-8-7-13-35(36)39(48)29-17-19-31(44)20-18-29/h2-23,33,37H,24-26H2,1H3,(H,45,49,52)/t33?,37-/m0/s1. The van der Waals surface area contributed by atoms with Crippen LogP contribution in [-0.4, -0.2) is 59.4 Å². The van der Waals surface area contributed by atoms with Gasteiger partial charge in [0.05, 0.1) is 23.2 Å². The van der Waals surface area contributed by atoms with Crippen LogP contribution in [-0.2, 0) is 20.9 Å². The number of halogens is 1. The lowest BCUT2D eigenvalue weighted by molar-refractivity contribution is -0.122. The topological polar surface area (TPSA) is 113 Å². The molecule has 5 aromatic carbocycles. The average Bonchev–Trinajstić information content (AvgIpc) is 3.78. The second-order valence-electron chi connectivity index (χ2n) is 12.9. The van der Waals surface area contributed by atoms with E-state index in [1.807, 2.05) is 54.6 Å². The summed E-state index contributed by atoms with van der Waals surface area (Å²) in [6, 6.07) is 35.4. The maximum atomic E-state index is 14.5. The summed E-state index contributed by atoms with van der Waals surface area (Å²) in [5, 5.41) is 1.79. The summed E-state index contributed by atoms with van der Waals surface area (Å²) in [7, 11) is 1.62. The highest BCUT2D eigenvalue weighted by molar-refractivity contribution is 8.18. The molecule has 7 rings (SSSR count). The van der Waals surface area contributed by atoms with Crippen molar-refractivity contribution in [3.8, 4) is 11.1 Å². The Bertz CT molecular complexity index is 2280. The summed E-state index contributed by atoms with van der Waals surface area (Å²) in [5.41, 5.74) is 4.69. The van der Waals surface area contributed by atoms with E-state index in [-0.39, 0.29) is 47.1 Å². The number of carbonyl (C=O) groups is 5. The molecule has 2 atom stereocenters. The van der Waals surface area contributed by atoms with E-state index in [1.54, 1.807) is 61.7 Å². The van der Waals surface area contributed by atoms with Crippen LogP contribution in [0.3, 0.4) is 0 Å². The molecule has 0 radical (unpaired) electrons. The average molecular weight is 740 g/mol. The molecule has 2 saturated heterocycles. The molecule has 1 N–H and O–H groups in total. The third-order valence-corrected chi connectivity index (χ3v) is 10.3. The van der Waals surface area contributed by atoms with Crippen molar-refractivity contribution in [1.29, 1.82) is 0 Å². The minimum Gasteiger partial charge on any atom is -0.372 e. The summed E-state index contributed by atoms with van der Waals surface area (Å²) >= 11 is 0.817. The largest absolute Gasteiger partial charge is 0.372 e. The number of benzene rings is 5. The number of anilines is 1. The Morgan fingerprint density at radius 1 is 0.852 bits per heavy atom. The molecule has 4 amide bonds. The Hall–Kier alpha value is -6.17. The Morgan fingerprint density at radius 3 is 2.22 bits per heavy atom. The van der Waals surface area contributed by atoms with Gasteiger partial charge in [0.2, 0.25) is 5.91 Å². The van der Waals surface area contributed by atoms with Crippen molar-refractivity contribution in [2.75, 3.05) is 18.5 Å². The van der Waals surface area contributed by atoms with Crippen molar-refractivity contribution in [2.24, 2.45) is 0 Å². The van der Waals surface area contributed by atoms with Gasteiger partial charge in [-0.2, -0.15) is 0 Å². The van der Waals surface area contributed by atoms with E-state index in [1.165, 1.54) is 34.1 Å². The molecule has 1 unspecified atom stereocenters. The number of hydrogen-bond donors (Lipinski definition) is 1. The molecule has 11 heteroatoms. The van der Waals surface area contributed by atoms with Crippen LogP contribution in [0.1, 0.15) is 43.8 Å². The number of amides is 4. The lowest BCUT2D eigenvalue weighted by Crippen LogP contribution is -2.47. The highest BCUT2D eigenvalue weighted by atomic mass is 32.2. The number of nitrogens with one attached hydrogen (secondary N) is 1. The predicted molar refractivity (Wildman–Crippen MR) is 205 cm³/mol. The van der Waals surface area contributed by atoms with E-state index in [2.05, 4.69) is 5.32 Å². The molecule has 2 fully saturated rings. The van der Waals surface area contributed by atoms with Crippen molar-refractivity contribution in [3.05, 3.63) is 166 Å². The fourth-order valence-electron chi connectivity index (χ4n) is 6.63. The molecule has 0 saturated carbocycles. The molecule has 2 heterocycles. The first-order chi connectivity index (χ1) is 26.2. The zero-order chi connectivity index (χ0) is 37.8. The minimum atomic E-state index is -0.933. The molecule has 0 spiro atoms. The number of rotatable bonds is 10. The maximum Gasteiger partial charge on any atom is 0.290 e. The summed E-state index contributed by atoms with van der Waals surface area (Å²) in [4.78, 5) is 69.2. The third-order valence-electron chi connectivity index (χ3n) is 9.44. The SMILES string of the molecule is CN(C(=O)[C@@H]1CC(OCc2ccccc2-c2ccccc2)CN1C(=O)c1ccccc1C(=O)c1ccc(F)cc1)c1ccc(C=C2SC(=O)NC2=O)cc1. The van der Waals surface area contributed by atoms with Crippen LogP contribution in [0.4, 0.5) is 14.9 Å². The monoisotopic (exact) mass is 739 g/mol. The van der Waals surface area contributed by atoms with Gasteiger partial charge in [-0.3, -0.25) is 29.3 Å². The van der Waals surface area contributed by atoms with Crippen LogP contribution in [0.15, 0.2) is 132 Å². The van der Waals surface area contributed by atoms with Crippen LogP contribution < -0.4 is 10.2 Å². The molecule has 2 aliphatic heterocycles. The van der Waals surface area contributed by atoms with E-state index in [0.717, 1.165) is 28.5 Å². The number of carbonyl (C=O) groups excluding carboxylic acids is 5. The number of likely N-dealkylation sites (N-methyl/N-ethyl adjacent to an activating group) is 1. The summed E-state index contributed by atoms with van der Waals surface area (Å²) < 4.78 is 20.1. The summed E-state index contributed by atoms with van der Waals surface area (Å²) in [6.07, 6.45) is 1.30. The van der Waals surface area contributed by atoms with Gasteiger partial charge in [-0.1, -0.05) is 84.9 Å². The van der Waals surface area contributed by atoms with Gasteiger partial charge >= 0.3 is 0 Å². The molecule has 0 aliphatic carbocycles. The molecule has 0 aromatic heterocycles. The van der Waals surface area contributed by atoms with Gasteiger partial charge < -0.3 is 14.5 Å². The number of nitrogens with zero attached hydrogens (tertiary/aromatic N) is 2. The second-order valence-corrected chi connectivity index (χ2v) is 13.9. The van der Waals surface area contributed by atoms with Crippen LogP contribution in [0.25, 0.3) is 17.2 Å². The van der Waals surface area contributed by atoms with Gasteiger partial charge in [-0.25, -0.2) is 4.39 Å². The number of ether oxygens (including phenoxy) is 1. The number of thioether (sulfide) groups is 1. The lowest BCUT2D eigenvalue weighted by Gasteiger charge is -2.28.